The molecule has 118 valence electrons. The van der Waals surface area contributed by atoms with Gasteiger partial charge in [0.15, 0.2) is 5.78 Å². The number of amides is 1. The third-order valence-electron chi connectivity index (χ3n) is 3.09. The molecule has 7 nitrogen and oxygen atoms in total. The van der Waals surface area contributed by atoms with Gasteiger partial charge in [0, 0.05) is 23.4 Å². The number of para-hydroxylation sites is 1. The van der Waals surface area contributed by atoms with Crippen LogP contribution in [0.4, 0.5) is 17.1 Å². The first-order valence-corrected chi connectivity index (χ1v) is 6.85. The van der Waals surface area contributed by atoms with Crippen molar-refractivity contribution in [2.24, 2.45) is 0 Å². The van der Waals surface area contributed by atoms with Crippen molar-refractivity contribution in [1.29, 1.82) is 0 Å². The van der Waals surface area contributed by atoms with E-state index < -0.39 is 4.92 Å². The zero-order chi connectivity index (χ0) is 16.8. The fourth-order valence-corrected chi connectivity index (χ4v) is 2.01. The summed E-state index contributed by atoms with van der Waals surface area (Å²) in [6, 6.07) is 12.6. The molecule has 1 amide bonds. The van der Waals surface area contributed by atoms with E-state index in [0.29, 0.717) is 16.9 Å². The molecule has 2 rings (SSSR count). The number of hydrogen-bond donors (Lipinski definition) is 2. The first-order chi connectivity index (χ1) is 11.0. The van der Waals surface area contributed by atoms with Crippen LogP contribution in [0.1, 0.15) is 17.3 Å². The van der Waals surface area contributed by atoms with Gasteiger partial charge in [0.2, 0.25) is 5.91 Å². The van der Waals surface area contributed by atoms with Gasteiger partial charge >= 0.3 is 0 Å². The van der Waals surface area contributed by atoms with E-state index in [1.807, 2.05) is 0 Å². The molecule has 23 heavy (non-hydrogen) atoms. The largest absolute Gasteiger partial charge is 0.376 e. The molecule has 2 N–H and O–H groups in total. The van der Waals surface area contributed by atoms with Crippen LogP contribution in [0.3, 0.4) is 0 Å². The first-order valence-electron chi connectivity index (χ1n) is 6.85. The van der Waals surface area contributed by atoms with Crippen LogP contribution in [0.15, 0.2) is 48.5 Å². The van der Waals surface area contributed by atoms with Crippen LogP contribution in [0.5, 0.6) is 0 Å². The fraction of sp³-hybridized carbons (Fsp3) is 0.125. The lowest BCUT2D eigenvalue weighted by atomic mass is 10.1. The summed E-state index contributed by atoms with van der Waals surface area (Å²) in [4.78, 5) is 33.7. The minimum atomic E-state index is -0.506. The summed E-state index contributed by atoms with van der Waals surface area (Å²) >= 11 is 0. The maximum atomic E-state index is 12.0. The molecule has 0 aliphatic rings. The maximum Gasteiger partial charge on any atom is 0.271 e. The van der Waals surface area contributed by atoms with Crippen molar-refractivity contribution < 1.29 is 14.5 Å². The Morgan fingerprint density at radius 2 is 1.87 bits per heavy atom. The van der Waals surface area contributed by atoms with Crippen LogP contribution in [-0.4, -0.2) is 23.2 Å². The van der Waals surface area contributed by atoms with E-state index in [9.17, 15) is 19.7 Å². The Bertz CT molecular complexity index is 758. The van der Waals surface area contributed by atoms with Crippen molar-refractivity contribution >= 4 is 28.8 Å². The average molecular weight is 313 g/mol. The highest BCUT2D eigenvalue weighted by molar-refractivity contribution is 6.04. The molecule has 0 heterocycles. The SMILES string of the molecule is CC(=O)c1ccccc1NC(=O)CNc1cccc([N+](=O)[O-])c1. The molecule has 0 fully saturated rings. The van der Waals surface area contributed by atoms with Crippen LogP contribution < -0.4 is 10.6 Å². The van der Waals surface area contributed by atoms with Gasteiger partial charge in [-0.05, 0) is 25.1 Å². The van der Waals surface area contributed by atoms with E-state index in [1.165, 1.54) is 25.1 Å². The number of Topliss-reactive ketones (excluding diaryl/α,β-unsaturated/α-hetero) is 1. The quantitative estimate of drug-likeness (QED) is 0.485. The summed E-state index contributed by atoms with van der Waals surface area (Å²) in [6.07, 6.45) is 0. The van der Waals surface area contributed by atoms with Gasteiger partial charge in [0.25, 0.3) is 5.69 Å². The van der Waals surface area contributed by atoms with Crippen molar-refractivity contribution in [3.8, 4) is 0 Å². The average Bonchev–Trinajstić information content (AvgIpc) is 2.53. The van der Waals surface area contributed by atoms with E-state index in [1.54, 1.807) is 30.3 Å². The van der Waals surface area contributed by atoms with Gasteiger partial charge in [-0.15, -0.1) is 0 Å². The van der Waals surface area contributed by atoms with Crippen LogP contribution in [-0.2, 0) is 4.79 Å². The summed E-state index contributed by atoms with van der Waals surface area (Å²) in [5.41, 5.74) is 1.27. The minimum Gasteiger partial charge on any atom is -0.376 e. The standard InChI is InChI=1S/C16H15N3O4/c1-11(20)14-7-2-3-8-15(14)18-16(21)10-17-12-5-4-6-13(9-12)19(22)23/h2-9,17H,10H2,1H3,(H,18,21). The monoisotopic (exact) mass is 313 g/mol. The Labute approximate surface area is 132 Å². The molecular formula is C16H15N3O4. The number of carbonyl (C=O) groups excluding carboxylic acids is 2. The molecule has 0 bridgehead atoms. The van der Waals surface area contributed by atoms with Crippen LogP contribution in [0.25, 0.3) is 0 Å². The molecular weight excluding hydrogens is 298 g/mol. The van der Waals surface area contributed by atoms with Gasteiger partial charge in [0.05, 0.1) is 17.2 Å². The second-order valence-corrected chi connectivity index (χ2v) is 4.81. The van der Waals surface area contributed by atoms with Crippen molar-refractivity contribution in [3.63, 3.8) is 0 Å². The third kappa shape index (κ3) is 4.37. The lowest BCUT2D eigenvalue weighted by Crippen LogP contribution is -2.22. The van der Waals surface area contributed by atoms with Gasteiger partial charge in [-0.1, -0.05) is 18.2 Å². The molecule has 0 aliphatic carbocycles. The summed E-state index contributed by atoms with van der Waals surface area (Å²) in [5, 5.41) is 16.2. The molecule has 0 aliphatic heterocycles. The molecule has 7 heteroatoms. The number of nitro groups is 1. The van der Waals surface area contributed by atoms with E-state index in [0.717, 1.165) is 0 Å². The topological polar surface area (TPSA) is 101 Å². The van der Waals surface area contributed by atoms with E-state index in [4.69, 9.17) is 0 Å². The summed E-state index contributed by atoms with van der Waals surface area (Å²) < 4.78 is 0. The minimum absolute atomic E-state index is 0.0580. The molecule has 0 unspecified atom stereocenters. The number of benzene rings is 2. The predicted octanol–water partition coefficient (Wildman–Crippen LogP) is 2.85. The Kier molecular flexibility index (Phi) is 5.03. The Morgan fingerprint density at radius 1 is 1.13 bits per heavy atom. The van der Waals surface area contributed by atoms with Crippen molar-refractivity contribution in [1.82, 2.24) is 0 Å². The zero-order valence-electron chi connectivity index (χ0n) is 12.4. The molecule has 2 aromatic rings. The van der Waals surface area contributed by atoms with E-state index in [2.05, 4.69) is 10.6 Å². The molecule has 0 radical (unpaired) electrons. The summed E-state index contributed by atoms with van der Waals surface area (Å²) in [5.74, 6) is -0.502. The Morgan fingerprint density at radius 3 is 2.57 bits per heavy atom. The number of nitrogens with one attached hydrogen (secondary N) is 2. The van der Waals surface area contributed by atoms with Gasteiger partial charge in [-0.3, -0.25) is 19.7 Å². The number of ketones is 1. The third-order valence-corrected chi connectivity index (χ3v) is 3.09. The number of nitro benzene ring substituents is 1. The lowest BCUT2D eigenvalue weighted by Gasteiger charge is -2.10. The number of anilines is 2. The van der Waals surface area contributed by atoms with E-state index >= 15 is 0 Å². The highest BCUT2D eigenvalue weighted by Gasteiger charge is 2.10. The second-order valence-electron chi connectivity index (χ2n) is 4.81. The first kappa shape index (κ1) is 16.2. The Balaban J connectivity index is 2.00. The maximum absolute atomic E-state index is 12.0. The van der Waals surface area contributed by atoms with Gasteiger partial charge in [0.1, 0.15) is 0 Å². The normalized spacial score (nSPS) is 9.96. The second kappa shape index (κ2) is 7.17. The molecule has 0 saturated heterocycles. The van der Waals surface area contributed by atoms with Crippen molar-refractivity contribution in [3.05, 3.63) is 64.2 Å². The molecule has 0 aromatic heterocycles. The highest BCUT2D eigenvalue weighted by Crippen LogP contribution is 2.17. The van der Waals surface area contributed by atoms with Gasteiger partial charge in [-0.2, -0.15) is 0 Å². The van der Waals surface area contributed by atoms with Gasteiger partial charge in [-0.25, -0.2) is 0 Å². The highest BCUT2D eigenvalue weighted by atomic mass is 16.6. The predicted molar refractivity (Wildman–Crippen MR) is 86.7 cm³/mol. The lowest BCUT2D eigenvalue weighted by molar-refractivity contribution is -0.384. The Hall–Kier alpha value is -3.22. The number of hydrogen-bond acceptors (Lipinski definition) is 5. The molecule has 0 atom stereocenters. The van der Waals surface area contributed by atoms with Crippen LogP contribution >= 0.6 is 0 Å². The smallest absolute Gasteiger partial charge is 0.271 e. The number of carbonyl (C=O) groups is 2. The molecule has 2 aromatic carbocycles. The van der Waals surface area contributed by atoms with Crippen molar-refractivity contribution in [2.45, 2.75) is 6.92 Å². The number of non-ortho nitro benzene ring substituents is 1. The number of nitrogens with zero attached hydrogens (tertiary/aromatic N) is 1. The zero-order valence-corrected chi connectivity index (χ0v) is 12.4. The fourth-order valence-electron chi connectivity index (χ4n) is 2.01. The van der Waals surface area contributed by atoms with Gasteiger partial charge < -0.3 is 10.6 Å². The molecule has 0 saturated carbocycles. The van der Waals surface area contributed by atoms with Crippen LogP contribution in [0, 0.1) is 10.1 Å². The summed E-state index contributed by atoms with van der Waals surface area (Å²) in [6.45, 7) is 1.35. The summed E-state index contributed by atoms with van der Waals surface area (Å²) in [7, 11) is 0. The molecule has 0 spiro atoms. The van der Waals surface area contributed by atoms with E-state index in [-0.39, 0.29) is 23.9 Å². The van der Waals surface area contributed by atoms with Crippen molar-refractivity contribution in [2.75, 3.05) is 17.2 Å². The number of rotatable bonds is 6. The van der Waals surface area contributed by atoms with Crippen LogP contribution in [0.2, 0.25) is 0 Å².